The van der Waals surface area contributed by atoms with Crippen molar-refractivity contribution < 1.29 is 42.8 Å². The number of aliphatic carboxylic acids is 1. The van der Waals surface area contributed by atoms with E-state index in [1.807, 2.05) is 48.8 Å². The number of hydrogen-bond donors (Lipinski definition) is 6. The van der Waals surface area contributed by atoms with Crippen molar-refractivity contribution in [3.63, 3.8) is 0 Å². The summed E-state index contributed by atoms with van der Waals surface area (Å²) in [7, 11) is 5.86. The molecule has 8 aromatic rings. The van der Waals surface area contributed by atoms with Crippen LogP contribution in [0.15, 0.2) is 91.5 Å². The lowest BCUT2D eigenvalue weighted by atomic mass is 10.1. The van der Waals surface area contributed by atoms with E-state index in [2.05, 4.69) is 62.1 Å². The summed E-state index contributed by atoms with van der Waals surface area (Å²) < 4.78 is 40.2. The first kappa shape index (κ1) is 57.3. The molecule has 0 fully saturated rings. The Kier molecular flexibility index (Phi) is 20.1. The van der Waals surface area contributed by atoms with E-state index in [0.29, 0.717) is 93.5 Å². The first-order valence-corrected chi connectivity index (χ1v) is 25.6. The summed E-state index contributed by atoms with van der Waals surface area (Å²) in [6, 6.07) is 17.5. The van der Waals surface area contributed by atoms with E-state index in [-0.39, 0.29) is 67.3 Å². The number of anilines is 4. The highest BCUT2D eigenvalue weighted by molar-refractivity contribution is 5.97. The van der Waals surface area contributed by atoms with Gasteiger partial charge in [-0.1, -0.05) is 5.21 Å². The van der Waals surface area contributed by atoms with Crippen LogP contribution in [0.1, 0.15) is 40.2 Å². The molecule has 0 saturated carbocycles. The third-order valence-corrected chi connectivity index (χ3v) is 12.1. The number of carbonyl (C=O) groups excluding carboxylic acids is 2. The number of hydrogen-bond acceptors (Lipinski definition) is 21. The quantitative estimate of drug-likeness (QED) is 0.0340. The van der Waals surface area contributed by atoms with Gasteiger partial charge in [0.2, 0.25) is 17.8 Å². The van der Waals surface area contributed by atoms with Crippen molar-refractivity contribution in [3.05, 3.63) is 120 Å². The second-order valence-electron chi connectivity index (χ2n) is 18.5. The molecule has 26 nitrogen and oxygen atoms in total. The molecule has 420 valence electrons. The zero-order chi connectivity index (χ0) is 56.4. The third-order valence-electron chi connectivity index (χ3n) is 12.1. The number of amides is 2. The molecule has 8 N–H and O–H groups in total. The van der Waals surface area contributed by atoms with Crippen LogP contribution in [0.5, 0.6) is 0 Å². The van der Waals surface area contributed by atoms with Gasteiger partial charge in [-0.3, -0.25) is 14.0 Å². The van der Waals surface area contributed by atoms with Crippen LogP contribution in [0.25, 0.3) is 39.5 Å². The second-order valence-corrected chi connectivity index (χ2v) is 18.5. The van der Waals surface area contributed by atoms with Crippen LogP contribution in [0.2, 0.25) is 0 Å². The molecule has 0 unspecified atom stereocenters. The lowest BCUT2D eigenvalue weighted by Crippen LogP contribution is -2.41. The number of carboxylic acids is 1. The molecule has 8 rings (SSSR count). The highest BCUT2D eigenvalue weighted by Crippen LogP contribution is 2.33. The fraction of sp³-hybridized carbons (Fsp3) is 0.358. The fourth-order valence-corrected chi connectivity index (χ4v) is 8.19. The van der Waals surface area contributed by atoms with Crippen molar-refractivity contribution in [1.82, 2.24) is 69.8 Å². The number of ether oxygens (including phenoxy) is 4. The predicted molar refractivity (Wildman–Crippen MR) is 293 cm³/mol. The number of rotatable bonds is 31. The minimum Gasteiger partial charge on any atom is -0.480 e. The number of aromatic nitrogens is 11. The van der Waals surface area contributed by atoms with Crippen LogP contribution in [0, 0.1) is 5.82 Å². The van der Waals surface area contributed by atoms with Crippen LogP contribution >= 0.6 is 0 Å². The van der Waals surface area contributed by atoms with E-state index < -0.39 is 17.9 Å². The molecule has 0 saturated heterocycles. The van der Waals surface area contributed by atoms with E-state index in [1.54, 1.807) is 59.7 Å². The van der Waals surface area contributed by atoms with Crippen molar-refractivity contribution in [2.75, 3.05) is 102 Å². The van der Waals surface area contributed by atoms with Crippen LogP contribution < -0.4 is 32.3 Å². The Morgan fingerprint density at radius 2 is 1.55 bits per heavy atom. The maximum Gasteiger partial charge on any atom is 0.326 e. The number of pyridine rings is 1. The standard InChI is InChI=1S/C53H63FN18O8/c1-69(2)30-34-15-19-72-43(28-34)64-45(35-4-8-37(54)9-5-35)47(72)41-14-16-58-53(63-41)59-18-22-78-26-27-80-33-39-32-71(68-67-39)20-23-79-25-24-77-21-17-57-44(73)13-12-42(51(75)76)62-50(74)36-6-10-40(11-7-36)70(3)31-38-29-60-49-46(61-38)48(55)65-52(56)66-49/h4-11,14-16,19,28-29,32,42H,12-13,17-18,20-27,30-31,33H2,1-3H3,(H,57,73)(H,62,74)(H,75,76)(H,58,59,63)(H4,55,56,60,65,66)/t42-/m0/s1. The number of benzene rings is 2. The number of carboxylic acid groups (broad SMARTS) is 1. The van der Waals surface area contributed by atoms with Crippen molar-refractivity contribution in [1.29, 1.82) is 0 Å². The zero-order valence-corrected chi connectivity index (χ0v) is 44.5. The summed E-state index contributed by atoms with van der Waals surface area (Å²) in [6.45, 7) is 4.80. The van der Waals surface area contributed by atoms with E-state index in [4.69, 9.17) is 40.4 Å². The van der Waals surface area contributed by atoms with E-state index in [9.17, 15) is 23.9 Å². The lowest BCUT2D eigenvalue weighted by molar-refractivity contribution is -0.139. The summed E-state index contributed by atoms with van der Waals surface area (Å²) in [5, 5.41) is 26.5. The normalized spacial score (nSPS) is 11.8. The van der Waals surface area contributed by atoms with Crippen LogP contribution in [-0.4, -0.2) is 169 Å². The first-order chi connectivity index (χ1) is 38.8. The summed E-state index contributed by atoms with van der Waals surface area (Å²) in [5.74, 6) is -2.01. The zero-order valence-electron chi connectivity index (χ0n) is 44.5. The summed E-state index contributed by atoms with van der Waals surface area (Å²) in [4.78, 5) is 72.3. The smallest absolute Gasteiger partial charge is 0.326 e. The van der Waals surface area contributed by atoms with Crippen LogP contribution in [0.3, 0.4) is 0 Å². The topological polar surface area (TPSA) is 328 Å². The highest BCUT2D eigenvalue weighted by atomic mass is 19.1. The molecule has 0 aliphatic heterocycles. The maximum atomic E-state index is 13.9. The highest BCUT2D eigenvalue weighted by Gasteiger charge is 2.23. The van der Waals surface area contributed by atoms with Gasteiger partial charge in [-0.05, 0) is 92.8 Å². The summed E-state index contributed by atoms with van der Waals surface area (Å²) >= 11 is 0. The molecule has 0 aliphatic carbocycles. The Morgan fingerprint density at radius 3 is 2.31 bits per heavy atom. The molecule has 0 bridgehead atoms. The Balaban J connectivity index is 0.643. The summed E-state index contributed by atoms with van der Waals surface area (Å²) in [5.41, 5.74) is 19.2. The number of fused-ring (bicyclic) bond motifs is 2. The van der Waals surface area contributed by atoms with Gasteiger partial charge < -0.3 is 61.3 Å². The van der Waals surface area contributed by atoms with Gasteiger partial charge in [-0.15, -0.1) is 5.10 Å². The van der Waals surface area contributed by atoms with Gasteiger partial charge in [0.1, 0.15) is 23.2 Å². The number of halogens is 1. The first-order valence-electron chi connectivity index (χ1n) is 25.6. The Labute approximate surface area is 459 Å². The average Bonchev–Trinajstić information content (AvgIpc) is 4.13. The number of carbonyl (C=O) groups is 3. The number of nitrogens with two attached hydrogens (primary N) is 2. The second kappa shape index (κ2) is 28.1. The molecule has 6 aromatic heterocycles. The van der Waals surface area contributed by atoms with Gasteiger partial charge in [-0.25, -0.2) is 38.8 Å². The molecule has 1 atom stereocenters. The fourth-order valence-electron chi connectivity index (χ4n) is 8.19. The van der Waals surface area contributed by atoms with Crippen molar-refractivity contribution in [2.45, 2.75) is 45.1 Å². The Morgan fingerprint density at radius 1 is 0.800 bits per heavy atom. The van der Waals surface area contributed by atoms with Crippen molar-refractivity contribution >= 4 is 58.0 Å². The molecular formula is C53H63FN18O8. The number of nitrogens with one attached hydrogen (secondary N) is 3. The van der Waals surface area contributed by atoms with Crippen molar-refractivity contribution in [2.24, 2.45) is 0 Å². The molecule has 2 amide bonds. The molecule has 27 heteroatoms. The SMILES string of the molecule is CN(C)Cc1ccn2c(-c3ccnc(NCCOCCOCc4cn(CCOCCOCCNC(=O)CC[C@H](NC(=O)c5ccc(N(C)Cc6cnc7nc(N)nc(N)c7n6)cc5)C(=O)O)nn4)n3)c(-c3ccc(F)cc3)nc2c1. The largest absolute Gasteiger partial charge is 0.480 e. The average molecular weight is 1100 g/mol. The lowest BCUT2D eigenvalue weighted by Gasteiger charge is -2.19. The molecule has 0 aliphatic rings. The molecule has 0 spiro atoms. The number of nitrogens with zero attached hydrogens (tertiary/aromatic N) is 13. The Bertz CT molecular complexity index is 3350. The monoisotopic (exact) mass is 1100 g/mol. The van der Waals surface area contributed by atoms with E-state index >= 15 is 0 Å². The molecule has 0 radical (unpaired) electrons. The minimum atomic E-state index is -1.28. The molecular weight excluding hydrogens is 1040 g/mol. The molecule has 2 aromatic carbocycles. The van der Waals surface area contributed by atoms with Gasteiger partial charge in [0.15, 0.2) is 17.0 Å². The number of nitrogen functional groups attached to an aromatic ring is 2. The van der Waals surface area contributed by atoms with E-state index in [0.717, 1.165) is 34.7 Å². The van der Waals surface area contributed by atoms with Crippen LogP contribution in [-0.2, 0) is 54.8 Å². The molecule has 80 heavy (non-hydrogen) atoms. The van der Waals surface area contributed by atoms with Gasteiger partial charge in [0, 0.05) is 62.3 Å². The summed E-state index contributed by atoms with van der Waals surface area (Å²) in [6.07, 6.45) is 6.76. The maximum absolute atomic E-state index is 13.9. The van der Waals surface area contributed by atoms with Gasteiger partial charge >= 0.3 is 5.97 Å². The minimum absolute atomic E-state index is 0.00441. The number of imidazole rings is 1. The molecule has 6 heterocycles. The van der Waals surface area contributed by atoms with Gasteiger partial charge in [0.05, 0.1) is 101 Å². The van der Waals surface area contributed by atoms with Gasteiger partial charge in [0.25, 0.3) is 5.91 Å². The van der Waals surface area contributed by atoms with Gasteiger partial charge in [-0.2, -0.15) is 9.97 Å². The van der Waals surface area contributed by atoms with E-state index in [1.165, 1.54) is 12.1 Å². The van der Waals surface area contributed by atoms with Crippen molar-refractivity contribution in [3.8, 4) is 22.6 Å². The third kappa shape index (κ3) is 16.3. The van der Waals surface area contributed by atoms with Crippen LogP contribution in [0.4, 0.5) is 27.8 Å². The Hall–Kier alpha value is -8.89. The predicted octanol–water partition coefficient (Wildman–Crippen LogP) is 3.24.